The zero-order valence-electron chi connectivity index (χ0n) is 10.5. The van der Waals surface area contributed by atoms with E-state index in [0.717, 1.165) is 0 Å². The molecule has 3 aromatic rings. The third-order valence-corrected chi connectivity index (χ3v) is 3.43. The number of thioether (sulfide) groups is 1. The summed E-state index contributed by atoms with van der Waals surface area (Å²) >= 11 is 1.27. The van der Waals surface area contributed by atoms with E-state index in [0.29, 0.717) is 28.0 Å². The molecule has 2 aromatic heterocycles. The third kappa shape index (κ3) is 2.72. The first-order chi connectivity index (χ1) is 9.72. The summed E-state index contributed by atoms with van der Waals surface area (Å²) in [6.45, 7) is 1.78. The summed E-state index contributed by atoms with van der Waals surface area (Å²) in [4.78, 5) is 0. The fourth-order valence-corrected chi connectivity index (χ4v) is 2.34. The van der Waals surface area contributed by atoms with Gasteiger partial charge in [-0.1, -0.05) is 35.1 Å². The fourth-order valence-electron chi connectivity index (χ4n) is 1.59. The molecule has 2 heterocycles. The van der Waals surface area contributed by atoms with Crippen LogP contribution < -0.4 is 0 Å². The molecule has 0 fully saturated rings. The van der Waals surface area contributed by atoms with Crippen LogP contribution >= 0.6 is 11.8 Å². The van der Waals surface area contributed by atoms with Crippen molar-refractivity contribution in [3.8, 4) is 11.6 Å². The highest BCUT2D eigenvalue weighted by atomic mass is 32.2. The van der Waals surface area contributed by atoms with Gasteiger partial charge in [-0.15, -0.1) is 10.2 Å². The maximum Gasteiger partial charge on any atom is 0.277 e. The van der Waals surface area contributed by atoms with E-state index in [1.54, 1.807) is 31.2 Å². The van der Waals surface area contributed by atoms with Gasteiger partial charge in [-0.3, -0.25) is 0 Å². The maximum atomic E-state index is 13.5. The molecule has 0 aliphatic rings. The van der Waals surface area contributed by atoms with Gasteiger partial charge in [0, 0.05) is 11.8 Å². The van der Waals surface area contributed by atoms with E-state index in [-0.39, 0.29) is 11.7 Å². The molecule has 0 aliphatic carbocycles. The standard InChI is InChI=1S/C13H10FN3O2S/c1-8-6-11(17-19-8)12-15-16-13(18-12)20-7-9-4-2-3-5-10(9)14/h2-6H,7H2,1H3. The van der Waals surface area contributed by atoms with Crippen LogP contribution in [0.5, 0.6) is 0 Å². The molecule has 3 rings (SSSR count). The molecule has 20 heavy (non-hydrogen) atoms. The summed E-state index contributed by atoms with van der Waals surface area (Å²) in [6, 6.07) is 8.30. The van der Waals surface area contributed by atoms with E-state index in [9.17, 15) is 4.39 Å². The zero-order valence-corrected chi connectivity index (χ0v) is 11.4. The summed E-state index contributed by atoms with van der Waals surface area (Å²) in [5, 5.41) is 11.9. The Morgan fingerprint density at radius 2 is 2.10 bits per heavy atom. The van der Waals surface area contributed by atoms with E-state index < -0.39 is 0 Å². The van der Waals surface area contributed by atoms with E-state index in [1.807, 2.05) is 0 Å². The van der Waals surface area contributed by atoms with Crippen molar-refractivity contribution in [2.75, 3.05) is 0 Å². The zero-order chi connectivity index (χ0) is 13.9. The highest BCUT2D eigenvalue weighted by molar-refractivity contribution is 7.98. The Morgan fingerprint density at radius 1 is 1.25 bits per heavy atom. The van der Waals surface area contributed by atoms with Crippen LogP contribution in [-0.2, 0) is 5.75 Å². The lowest BCUT2D eigenvalue weighted by Gasteiger charge is -1.99. The SMILES string of the molecule is Cc1cc(-c2nnc(SCc3ccccc3F)o2)no1. The molecular formula is C13H10FN3O2S. The quantitative estimate of drug-likeness (QED) is 0.686. The predicted molar refractivity (Wildman–Crippen MR) is 70.5 cm³/mol. The molecule has 0 aliphatic heterocycles. The van der Waals surface area contributed by atoms with Gasteiger partial charge in [-0.05, 0) is 18.6 Å². The number of hydrogen-bond acceptors (Lipinski definition) is 6. The average Bonchev–Trinajstić information content (AvgIpc) is 3.06. The van der Waals surface area contributed by atoms with Crippen molar-refractivity contribution in [3.05, 3.63) is 47.5 Å². The average molecular weight is 291 g/mol. The van der Waals surface area contributed by atoms with Gasteiger partial charge in [0.2, 0.25) is 0 Å². The third-order valence-electron chi connectivity index (χ3n) is 2.56. The molecule has 0 radical (unpaired) electrons. The number of aromatic nitrogens is 3. The van der Waals surface area contributed by atoms with Crippen LogP contribution in [0.15, 0.2) is 44.5 Å². The van der Waals surface area contributed by atoms with Crippen molar-refractivity contribution in [3.63, 3.8) is 0 Å². The Bertz CT molecular complexity index is 726. The number of benzene rings is 1. The Kier molecular flexibility index (Phi) is 3.51. The topological polar surface area (TPSA) is 65.0 Å². The molecule has 0 unspecified atom stereocenters. The molecule has 0 bridgehead atoms. The molecule has 102 valence electrons. The molecule has 1 aromatic carbocycles. The minimum Gasteiger partial charge on any atom is -0.409 e. The van der Waals surface area contributed by atoms with Crippen LogP contribution in [0.3, 0.4) is 0 Å². The van der Waals surface area contributed by atoms with Crippen LogP contribution in [0.1, 0.15) is 11.3 Å². The summed E-state index contributed by atoms with van der Waals surface area (Å²) in [6.07, 6.45) is 0. The minimum absolute atomic E-state index is 0.244. The number of halogens is 1. The van der Waals surface area contributed by atoms with Crippen LogP contribution in [0.4, 0.5) is 4.39 Å². The van der Waals surface area contributed by atoms with E-state index in [1.165, 1.54) is 17.8 Å². The lowest BCUT2D eigenvalue weighted by atomic mass is 10.2. The molecule has 0 atom stereocenters. The van der Waals surface area contributed by atoms with Gasteiger partial charge in [0.05, 0.1) is 0 Å². The lowest BCUT2D eigenvalue weighted by molar-refractivity contribution is 0.394. The van der Waals surface area contributed by atoms with E-state index >= 15 is 0 Å². The smallest absolute Gasteiger partial charge is 0.277 e. The van der Waals surface area contributed by atoms with Gasteiger partial charge in [0.1, 0.15) is 11.6 Å². The summed E-state index contributed by atoms with van der Waals surface area (Å²) < 4.78 is 23.8. The van der Waals surface area contributed by atoms with Crippen LogP contribution in [0.25, 0.3) is 11.6 Å². The van der Waals surface area contributed by atoms with Crippen molar-refractivity contribution in [1.29, 1.82) is 0 Å². The molecule has 0 spiro atoms. The second-order valence-corrected chi connectivity index (χ2v) is 5.00. The normalized spacial score (nSPS) is 10.9. The molecular weight excluding hydrogens is 281 g/mol. The van der Waals surface area contributed by atoms with Gasteiger partial charge < -0.3 is 8.94 Å². The van der Waals surface area contributed by atoms with E-state index in [4.69, 9.17) is 8.94 Å². The Balaban J connectivity index is 1.70. The number of aryl methyl sites for hydroxylation is 1. The van der Waals surface area contributed by atoms with Gasteiger partial charge in [-0.2, -0.15) is 0 Å². The Hall–Kier alpha value is -2.15. The number of hydrogen-bond donors (Lipinski definition) is 0. The Morgan fingerprint density at radius 3 is 2.85 bits per heavy atom. The first kappa shape index (κ1) is 12.9. The summed E-state index contributed by atoms with van der Waals surface area (Å²) in [5.41, 5.74) is 1.09. The van der Waals surface area contributed by atoms with Crippen molar-refractivity contribution >= 4 is 11.8 Å². The Labute approximate surface area is 118 Å². The molecule has 0 saturated carbocycles. The van der Waals surface area contributed by atoms with Crippen LogP contribution in [0.2, 0.25) is 0 Å². The molecule has 0 saturated heterocycles. The molecule has 7 heteroatoms. The lowest BCUT2D eigenvalue weighted by Crippen LogP contribution is -1.86. The van der Waals surface area contributed by atoms with E-state index in [2.05, 4.69) is 15.4 Å². The van der Waals surface area contributed by atoms with Gasteiger partial charge in [0.25, 0.3) is 11.1 Å². The van der Waals surface area contributed by atoms with Gasteiger partial charge in [0.15, 0.2) is 5.69 Å². The largest absolute Gasteiger partial charge is 0.409 e. The first-order valence-electron chi connectivity index (χ1n) is 5.86. The van der Waals surface area contributed by atoms with Crippen molar-refractivity contribution in [2.45, 2.75) is 17.9 Å². The first-order valence-corrected chi connectivity index (χ1v) is 6.84. The molecule has 5 nitrogen and oxygen atoms in total. The molecule has 0 amide bonds. The van der Waals surface area contributed by atoms with Crippen LogP contribution in [0, 0.1) is 12.7 Å². The van der Waals surface area contributed by atoms with Crippen molar-refractivity contribution in [1.82, 2.24) is 15.4 Å². The summed E-state index contributed by atoms with van der Waals surface area (Å²) in [7, 11) is 0. The van der Waals surface area contributed by atoms with Gasteiger partial charge >= 0.3 is 0 Å². The second kappa shape index (κ2) is 5.46. The van der Waals surface area contributed by atoms with Crippen molar-refractivity contribution in [2.24, 2.45) is 0 Å². The monoisotopic (exact) mass is 291 g/mol. The highest BCUT2D eigenvalue weighted by Crippen LogP contribution is 2.26. The van der Waals surface area contributed by atoms with Crippen molar-refractivity contribution < 1.29 is 13.3 Å². The predicted octanol–water partition coefficient (Wildman–Crippen LogP) is 3.46. The van der Waals surface area contributed by atoms with Crippen LogP contribution in [-0.4, -0.2) is 15.4 Å². The highest BCUT2D eigenvalue weighted by Gasteiger charge is 2.13. The maximum absolute atomic E-state index is 13.5. The number of nitrogens with zero attached hydrogens (tertiary/aromatic N) is 3. The second-order valence-electron chi connectivity index (χ2n) is 4.08. The van der Waals surface area contributed by atoms with Gasteiger partial charge in [-0.25, -0.2) is 4.39 Å². The minimum atomic E-state index is -0.244. The fraction of sp³-hybridized carbons (Fsp3) is 0.154. The summed E-state index contributed by atoms with van der Waals surface area (Å²) in [5.74, 6) is 1.13. The molecule has 0 N–H and O–H groups in total. The number of rotatable bonds is 4.